The van der Waals surface area contributed by atoms with Crippen LogP contribution in [0, 0.1) is 11.7 Å². The van der Waals surface area contributed by atoms with Gasteiger partial charge in [-0.2, -0.15) is 0 Å². The van der Waals surface area contributed by atoms with Crippen molar-refractivity contribution in [2.45, 2.75) is 31.7 Å². The van der Waals surface area contributed by atoms with E-state index in [4.69, 9.17) is 0 Å². The third kappa shape index (κ3) is 3.42. The van der Waals surface area contributed by atoms with Gasteiger partial charge in [0.2, 0.25) is 5.82 Å². The van der Waals surface area contributed by atoms with Crippen LogP contribution in [0.25, 0.3) is 22.2 Å². The van der Waals surface area contributed by atoms with Gasteiger partial charge in [-0.1, -0.05) is 6.07 Å². The van der Waals surface area contributed by atoms with Crippen molar-refractivity contribution in [1.29, 1.82) is 0 Å². The number of imidazole rings is 2. The number of piperidine rings is 1. The number of benzene rings is 1. The minimum atomic E-state index is -0.429. The van der Waals surface area contributed by atoms with Crippen molar-refractivity contribution in [3.05, 3.63) is 46.7 Å². The smallest absolute Gasteiger partial charge is 0.326 e. The minimum absolute atomic E-state index is 0.0517. The van der Waals surface area contributed by atoms with Crippen LogP contribution < -0.4 is 15.9 Å². The normalized spacial score (nSPS) is 17.1. The fourth-order valence-corrected chi connectivity index (χ4v) is 4.87. The lowest BCUT2D eigenvalue weighted by atomic mass is 10.0. The van der Waals surface area contributed by atoms with E-state index in [0.29, 0.717) is 66.7 Å². The molecule has 6 rings (SSSR count). The second-order valence-corrected chi connectivity index (χ2v) is 9.17. The van der Waals surface area contributed by atoms with Crippen molar-refractivity contribution in [2.24, 2.45) is 13.0 Å². The summed E-state index contributed by atoms with van der Waals surface area (Å²) < 4.78 is 17.5. The van der Waals surface area contributed by atoms with Crippen molar-refractivity contribution in [1.82, 2.24) is 34.4 Å². The molecule has 3 aromatic heterocycles. The number of carbonyl (C=O) groups excluding carboxylic acids is 1. The number of hydrogen-bond acceptors (Lipinski definition) is 6. The van der Waals surface area contributed by atoms with Crippen LogP contribution in [0.5, 0.6) is 0 Å². The number of aromatic amines is 1. The topological polar surface area (TPSA) is 114 Å². The zero-order chi connectivity index (χ0) is 23.4. The summed E-state index contributed by atoms with van der Waals surface area (Å²) in [7, 11) is 1.78. The lowest BCUT2D eigenvalue weighted by Gasteiger charge is -2.33. The molecule has 1 amide bonds. The lowest BCUT2D eigenvalue weighted by molar-refractivity contribution is 0.0939. The van der Waals surface area contributed by atoms with Crippen molar-refractivity contribution in [2.75, 3.05) is 24.5 Å². The summed E-state index contributed by atoms with van der Waals surface area (Å²) in [6, 6.07) is 4.68. The summed E-state index contributed by atoms with van der Waals surface area (Å²) in [6.07, 6.45) is 5.19. The zero-order valence-corrected chi connectivity index (χ0v) is 18.8. The molecule has 0 spiro atoms. The first-order chi connectivity index (χ1) is 16.5. The van der Waals surface area contributed by atoms with Gasteiger partial charge in [-0.05, 0) is 43.7 Å². The van der Waals surface area contributed by atoms with Gasteiger partial charge in [0.1, 0.15) is 17.7 Å². The van der Waals surface area contributed by atoms with Crippen molar-refractivity contribution >= 4 is 33.9 Å². The first kappa shape index (κ1) is 20.8. The Hall–Kier alpha value is -3.76. The monoisotopic (exact) mass is 464 g/mol. The number of nitrogens with one attached hydrogen (secondary N) is 2. The Morgan fingerprint density at radius 3 is 2.76 bits per heavy atom. The van der Waals surface area contributed by atoms with E-state index < -0.39 is 5.82 Å². The van der Waals surface area contributed by atoms with Crippen LogP contribution in [-0.2, 0) is 7.05 Å². The number of fused-ring (bicyclic) bond motifs is 2. The van der Waals surface area contributed by atoms with Crippen LogP contribution in [0.2, 0.25) is 0 Å². The molecule has 1 aliphatic heterocycles. The van der Waals surface area contributed by atoms with Gasteiger partial charge in [0, 0.05) is 32.7 Å². The number of H-pyrrole nitrogens is 1. The van der Waals surface area contributed by atoms with Gasteiger partial charge in [-0.3, -0.25) is 9.36 Å². The number of anilines is 1. The molecule has 2 fully saturated rings. The molecule has 34 heavy (non-hydrogen) atoms. The lowest BCUT2D eigenvalue weighted by Crippen LogP contribution is -2.37. The van der Waals surface area contributed by atoms with Gasteiger partial charge in [0.25, 0.3) is 5.91 Å². The maximum absolute atomic E-state index is 14.1. The summed E-state index contributed by atoms with van der Waals surface area (Å²) in [5, 5.41) is 2.96. The summed E-state index contributed by atoms with van der Waals surface area (Å²) in [4.78, 5) is 43.4. The summed E-state index contributed by atoms with van der Waals surface area (Å²) >= 11 is 0. The van der Waals surface area contributed by atoms with Gasteiger partial charge >= 0.3 is 5.69 Å². The van der Waals surface area contributed by atoms with E-state index in [1.54, 1.807) is 28.3 Å². The second-order valence-electron chi connectivity index (χ2n) is 9.17. The molecule has 2 aliphatic rings. The highest BCUT2D eigenvalue weighted by Gasteiger charge is 2.28. The molecular formula is C23H25FN8O2. The third-order valence-corrected chi connectivity index (χ3v) is 6.92. The van der Waals surface area contributed by atoms with Crippen LogP contribution >= 0.6 is 0 Å². The molecule has 10 nitrogen and oxygen atoms in total. The summed E-state index contributed by atoms with van der Waals surface area (Å²) in [5.41, 5.74) is 1.72. The van der Waals surface area contributed by atoms with Gasteiger partial charge in [-0.15, -0.1) is 0 Å². The van der Waals surface area contributed by atoms with E-state index in [-0.39, 0.29) is 23.2 Å². The van der Waals surface area contributed by atoms with Crippen molar-refractivity contribution in [3.63, 3.8) is 0 Å². The van der Waals surface area contributed by atoms with E-state index in [1.807, 2.05) is 0 Å². The van der Waals surface area contributed by atoms with Crippen LogP contribution in [0.15, 0.2) is 29.3 Å². The molecule has 1 aromatic carbocycles. The highest BCUT2D eigenvalue weighted by molar-refractivity contribution is 5.96. The molecule has 4 heterocycles. The molecule has 1 saturated carbocycles. The predicted octanol–water partition coefficient (Wildman–Crippen LogP) is 2.13. The first-order valence-corrected chi connectivity index (χ1v) is 11.6. The number of amides is 1. The quantitative estimate of drug-likeness (QED) is 0.468. The molecule has 0 unspecified atom stereocenters. The number of halogens is 1. The van der Waals surface area contributed by atoms with E-state index in [1.165, 1.54) is 12.4 Å². The molecule has 1 saturated heterocycles. The number of hydrogen-bond donors (Lipinski definition) is 2. The van der Waals surface area contributed by atoms with Crippen LogP contribution in [0.4, 0.5) is 10.2 Å². The zero-order valence-electron chi connectivity index (χ0n) is 18.8. The molecule has 0 atom stereocenters. The average molecular weight is 465 g/mol. The fraction of sp³-hybridized carbons (Fsp3) is 0.435. The Bertz CT molecular complexity index is 1460. The number of aryl methyl sites for hydroxylation is 1. The first-order valence-electron chi connectivity index (χ1n) is 11.6. The molecule has 176 valence electrons. The number of rotatable bonds is 5. The van der Waals surface area contributed by atoms with E-state index in [2.05, 4.69) is 30.2 Å². The average Bonchev–Trinajstić information content (AvgIpc) is 3.53. The number of carbonyl (C=O) groups is 1. The molecule has 4 aromatic rings. The summed E-state index contributed by atoms with van der Waals surface area (Å²) in [6.45, 7) is 1.96. The van der Waals surface area contributed by atoms with E-state index in [0.717, 1.165) is 12.8 Å². The number of aromatic nitrogens is 6. The van der Waals surface area contributed by atoms with Gasteiger partial charge in [0.05, 0.1) is 5.52 Å². The Morgan fingerprint density at radius 2 is 2.00 bits per heavy atom. The largest absolute Gasteiger partial charge is 0.355 e. The van der Waals surface area contributed by atoms with E-state index in [9.17, 15) is 14.0 Å². The highest BCUT2D eigenvalue weighted by atomic mass is 19.1. The van der Waals surface area contributed by atoms with Gasteiger partial charge in [-0.25, -0.2) is 24.1 Å². The molecule has 2 N–H and O–H groups in total. The van der Waals surface area contributed by atoms with Crippen molar-refractivity contribution < 1.29 is 9.18 Å². The number of para-hydroxylation sites is 1. The Kier molecular flexibility index (Phi) is 4.85. The molecule has 0 bridgehead atoms. The maximum atomic E-state index is 14.1. The fourth-order valence-electron chi connectivity index (χ4n) is 4.87. The number of nitrogens with zero attached hydrogens (tertiary/aromatic N) is 6. The standard InChI is InChI=1S/C23H25FN8O2/c1-30-19-18(28-21(30)22(33)25-11-13-5-6-13)20(27-12-26-19)31-9-7-14(8-10-31)32-16-4-2-3-15(24)17(16)29-23(32)34/h2-4,12-14H,5-11H2,1H3,(H,25,33)(H,29,34). The molecular weight excluding hydrogens is 439 g/mol. The van der Waals surface area contributed by atoms with Gasteiger partial charge < -0.3 is 19.8 Å². The van der Waals surface area contributed by atoms with Gasteiger partial charge in [0.15, 0.2) is 17.0 Å². The maximum Gasteiger partial charge on any atom is 0.326 e. The van der Waals surface area contributed by atoms with Crippen LogP contribution in [0.1, 0.15) is 42.3 Å². The minimum Gasteiger partial charge on any atom is -0.355 e. The highest BCUT2D eigenvalue weighted by Crippen LogP contribution is 2.31. The third-order valence-electron chi connectivity index (χ3n) is 6.92. The molecule has 0 radical (unpaired) electrons. The Labute approximate surface area is 193 Å². The predicted molar refractivity (Wildman–Crippen MR) is 124 cm³/mol. The molecule has 11 heteroatoms. The van der Waals surface area contributed by atoms with Crippen LogP contribution in [-0.4, -0.2) is 54.6 Å². The second kappa shape index (κ2) is 7.93. The van der Waals surface area contributed by atoms with Crippen molar-refractivity contribution in [3.8, 4) is 0 Å². The SMILES string of the molecule is Cn1c(C(=O)NCC2CC2)nc2c(N3CCC(n4c(=O)[nH]c5c(F)cccc54)CC3)ncnc21. The summed E-state index contributed by atoms with van der Waals surface area (Å²) in [5.74, 6) is 0.943. The Balaban J connectivity index is 1.25. The van der Waals surface area contributed by atoms with Crippen LogP contribution in [0.3, 0.4) is 0 Å². The Morgan fingerprint density at radius 1 is 1.21 bits per heavy atom. The van der Waals surface area contributed by atoms with E-state index >= 15 is 0 Å². The molecule has 1 aliphatic carbocycles.